The Labute approximate surface area is 100 Å². The summed E-state index contributed by atoms with van der Waals surface area (Å²) in [5.41, 5.74) is 0.471. The second-order valence-corrected chi connectivity index (χ2v) is 3.84. The zero-order valence-corrected chi connectivity index (χ0v) is 10.1. The molecule has 0 aliphatic rings. The fourth-order valence-corrected chi connectivity index (χ4v) is 1.63. The molecule has 1 aromatic carbocycles. The van der Waals surface area contributed by atoms with Crippen LogP contribution in [0.15, 0.2) is 23.1 Å². The van der Waals surface area contributed by atoms with Gasteiger partial charge in [0.15, 0.2) is 5.78 Å². The molecular weight excluding hydrogens is 315 g/mol. The fraction of sp³-hybridized carbons (Fsp3) is 0.111. The van der Waals surface area contributed by atoms with E-state index >= 15 is 0 Å². The number of carboxylic acid groups (broad SMARTS) is 1. The minimum Gasteiger partial charge on any atom is -0.478 e. The molecule has 0 fully saturated rings. The average Bonchev–Trinajstić information content (AvgIpc) is 2.17. The van der Waals surface area contributed by atoms with Crippen LogP contribution in [0, 0.1) is 0 Å². The molecule has 1 N–H and O–H groups in total. The molecule has 0 bridgehead atoms. The normalized spacial score (nSPS) is 9.86. The van der Waals surface area contributed by atoms with Crippen molar-refractivity contribution in [2.75, 3.05) is 4.43 Å². The van der Waals surface area contributed by atoms with Gasteiger partial charge in [0.05, 0.1) is 9.99 Å². The van der Waals surface area contributed by atoms with E-state index in [-0.39, 0.29) is 11.3 Å². The van der Waals surface area contributed by atoms with E-state index in [0.717, 1.165) is 0 Å². The number of hydrogen-bond acceptors (Lipinski definition) is 3. The van der Waals surface area contributed by atoms with Gasteiger partial charge in [-0.05, 0) is 12.1 Å². The fourth-order valence-electron chi connectivity index (χ4n) is 0.958. The van der Waals surface area contributed by atoms with Gasteiger partial charge < -0.3 is 5.11 Å². The smallest absolute Gasteiger partial charge is 0.336 e. The molecule has 0 saturated carbocycles. The number of halogens is 1. The van der Waals surface area contributed by atoms with Crippen molar-refractivity contribution in [2.24, 2.45) is 0 Å². The maximum absolute atomic E-state index is 11.3. The third-order valence-electron chi connectivity index (χ3n) is 1.67. The molecule has 0 spiro atoms. The summed E-state index contributed by atoms with van der Waals surface area (Å²) in [6.07, 6.45) is 0. The van der Waals surface area contributed by atoms with Crippen molar-refractivity contribution in [1.82, 2.24) is 0 Å². The van der Waals surface area contributed by atoms with Crippen LogP contribution < -0.4 is 0 Å². The van der Waals surface area contributed by atoms with Gasteiger partial charge in [-0.2, -0.15) is 0 Å². The van der Waals surface area contributed by atoms with Gasteiger partial charge in [-0.25, -0.2) is 4.79 Å². The third-order valence-corrected chi connectivity index (χ3v) is 2.75. The molecule has 0 atom stereocenters. The summed E-state index contributed by atoms with van der Waals surface area (Å²) in [5.74, 6) is -1.15. The van der Waals surface area contributed by atoms with Crippen LogP contribution in [0.2, 0.25) is 0 Å². The Balaban J connectivity index is 3.19. The summed E-state index contributed by atoms with van der Waals surface area (Å²) < 4.78 is 0.336. The third kappa shape index (κ3) is 2.48. The standard InChI is InChI=1S/C9H7IO3S/c10-4-7(11)5-1-2-8(14)6(3-5)9(12)13/h1-3,14H,4H2,(H,12,13). The van der Waals surface area contributed by atoms with Crippen LogP contribution in [-0.2, 0) is 0 Å². The highest BCUT2D eigenvalue weighted by molar-refractivity contribution is 14.1. The zero-order valence-electron chi connectivity index (χ0n) is 7.03. The number of rotatable bonds is 3. The molecule has 0 aliphatic heterocycles. The van der Waals surface area contributed by atoms with Crippen LogP contribution in [-0.4, -0.2) is 21.3 Å². The van der Waals surface area contributed by atoms with Crippen molar-refractivity contribution in [3.63, 3.8) is 0 Å². The molecule has 14 heavy (non-hydrogen) atoms. The lowest BCUT2D eigenvalue weighted by Gasteiger charge is -2.02. The highest BCUT2D eigenvalue weighted by atomic mass is 127. The molecule has 5 heteroatoms. The van der Waals surface area contributed by atoms with E-state index < -0.39 is 5.97 Å². The maximum Gasteiger partial charge on any atom is 0.336 e. The molecule has 0 heterocycles. The summed E-state index contributed by atoms with van der Waals surface area (Å²) in [6, 6.07) is 4.45. The first kappa shape index (κ1) is 11.5. The predicted octanol–water partition coefficient (Wildman–Crippen LogP) is 2.29. The summed E-state index contributed by atoms with van der Waals surface area (Å²) in [6.45, 7) is 0. The van der Waals surface area contributed by atoms with E-state index in [0.29, 0.717) is 14.9 Å². The van der Waals surface area contributed by atoms with E-state index in [9.17, 15) is 9.59 Å². The first-order valence-corrected chi connectivity index (χ1v) is 5.69. The minimum absolute atomic E-state index is 0.0593. The second kappa shape index (κ2) is 4.79. The van der Waals surface area contributed by atoms with Crippen LogP contribution in [0.4, 0.5) is 0 Å². The molecule has 0 saturated heterocycles. The highest BCUT2D eigenvalue weighted by Gasteiger charge is 2.11. The number of carbonyl (C=O) groups is 2. The summed E-state index contributed by atoms with van der Waals surface area (Å²) in [4.78, 5) is 22.4. The monoisotopic (exact) mass is 322 g/mol. The number of carbonyl (C=O) groups excluding carboxylic acids is 1. The SMILES string of the molecule is O=C(CI)c1ccc(S)c(C(=O)O)c1. The Morgan fingerprint density at radius 1 is 1.43 bits per heavy atom. The Hall–Kier alpha value is -0.560. The zero-order chi connectivity index (χ0) is 10.7. The van der Waals surface area contributed by atoms with Crippen molar-refractivity contribution >= 4 is 47.0 Å². The van der Waals surface area contributed by atoms with E-state index in [2.05, 4.69) is 12.6 Å². The Kier molecular flexibility index (Phi) is 3.94. The van der Waals surface area contributed by atoms with Crippen molar-refractivity contribution in [3.8, 4) is 0 Å². The molecule has 1 aromatic rings. The molecule has 0 radical (unpaired) electrons. The van der Waals surface area contributed by atoms with Gasteiger partial charge >= 0.3 is 5.97 Å². The van der Waals surface area contributed by atoms with Gasteiger partial charge in [0.25, 0.3) is 0 Å². The van der Waals surface area contributed by atoms with Gasteiger partial charge in [0.2, 0.25) is 0 Å². The van der Waals surface area contributed by atoms with E-state index in [1.807, 2.05) is 22.6 Å². The number of aromatic carboxylic acids is 1. The number of benzene rings is 1. The minimum atomic E-state index is -1.07. The molecule has 74 valence electrons. The lowest BCUT2D eigenvalue weighted by atomic mass is 10.1. The van der Waals surface area contributed by atoms with Crippen molar-refractivity contribution in [1.29, 1.82) is 0 Å². The molecule has 0 aliphatic carbocycles. The van der Waals surface area contributed by atoms with Crippen LogP contribution >= 0.6 is 35.2 Å². The number of Topliss-reactive ketones (excluding diaryl/α,β-unsaturated/α-hetero) is 1. The van der Waals surface area contributed by atoms with Gasteiger partial charge in [-0.15, -0.1) is 12.6 Å². The molecule has 0 aromatic heterocycles. The molecule has 1 rings (SSSR count). The summed E-state index contributed by atoms with van der Waals surface area (Å²) in [5, 5.41) is 8.78. The maximum atomic E-state index is 11.3. The van der Waals surface area contributed by atoms with Crippen LogP contribution in [0.1, 0.15) is 20.7 Å². The first-order chi connectivity index (χ1) is 6.56. The quantitative estimate of drug-likeness (QED) is 0.389. The number of alkyl halides is 1. The average molecular weight is 322 g/mol. The van der Waals surface area contributed by atoms with Crippen LogP contribution in [0.5, 0.6) is 0 Å². The summed E-state index contributed by atoms with van der Waals surface area (Å²) >= 11 is 5.93. The van der Waals surface area contributed by atoms with Crippen LogP contribution in [0.25, 0.3) is 0 Å². The van der Waals surface area contributed by atoms with E-state index in [1.54, 1.807) is 6.07 Å². The highest BCUT2D eigenvalue weighted by Crippen LogP contribution is 2.16. The Morgan fingerprint density at radius 2 is 2.07 bits per heavy atom. The van der Waals surface area contributed by atoms with Gasteiger partial charge in [-0.3, -0.25) is 4.79 Å². The summed E-state index contributed by atoms with van der Waals surface area (Å²) in [7, 11) is 0. The largest absolute Gasteiger partial charge is 0.478 e. The number of carboxylic acids is 1. The first-order valence-electron chi connectivity index (χ1n) is 3.71. The molecule has 0 amide bonds. The Morgan fingerprint density at radius 3 is 2.57 bits per heavy atom. The predicted molar refractivity (Wildman–Crippen MR) is 63.9 cm³/mol. The Bertz CT molecular complexity index is 390. The number of hydrogen-bond donors (Lipinski definition) is 2. The lowest BCUT2D eigenvalue weighted by Crippen LogP contribution is -2.04. The lowest BCUT2D eigenvalue weighted by molar-refractivity contribution is 0.0693. The number of thiol groups is 1. The molecular formula is C9H7IO3S. The van der Waals surface area contributed by atoms with E-state index in [4.69, 9.17) is 5.11 Å². The van der Waals surface area contributed by atoms with Gasteiger partial charge in [0, 0.05) is 10.5 Å². The molecule has 3 nitrogen and oxygen atoms in total. The van der Waals surface area contributed by atoms with Crippen molar-refractivity contribution < 1.29 is 14.7 Å². The second-order valence-electron chi connectivity index (χ2n) is 2.59. The van der Waals surface area contributed by atoms with Crippen LogP contribution in [0.3, 0.4) is 0 Å². The number of ketones is 1. The van der Waals surface area contributed by atoms with E-state index in [1.165, 1.54) is 12.1 Å². The van der Waals surface area contributed by atoms with Crippen molar-refractivity contribution in [3.05, 3.63) is 29.3 Å². The molecule has 0 unspecified atom stereocenters. The topological polar surface area (TPSA) is 54.4 Å². The van der Waals surface area contributed by atoms with Gasteiger partial charge in [-0.1, -0.05) is 28.7 Å². The van der Waals surface area contributed by atoms with Crippen molar-refractivity contribution in [2.45, 2.75) is 4.90 Å². The van der Waals surface area contributed by atoms with Gasteiger partial charge in [0.1, 0.15) is 0 Å².